The minimum Gasteiger partial charge on any atom is -0.424 e. The van der Waals surface area contributed by atoms with E-state index in [-0.39, 0.29) is 16.4 Å². The number of halogens is 1. The van der Waals surface area contributed by atoms with Crippen LogP contribution >= 0.6 is 22.6 Å². The van der Waals surface area contributed by atoms with E-state index < -0.39 is 0 Å². The molecule has 0 saturated carbocycles. The molecule has 0 aliphatic carbocycles. The fourth-order valence-electron chi connectivity index (χ4n) is 0.787. The zero-order valence-corrected chi connectivity index (χ0v) is 9.66. The molecule has 1 fully saturated rings. The second-order valence-corrected chi connectivity index (χ2v) is 4.19. The van der Waals surface area contributed by atoms with Gasteiger partial charge in [0.25, 0.3) is 3.91 Å². The topological polar surface area (TPSA) is 40.6 Å². The Bertz CT molecular complexity index is 186. The molecule has 1 aliphatic rings. The Morgan fingerprint density at radius 2 is 2.30 bits per heavy atom. The molecule has 0 aromatic carbocycles. The van der Waals surface area contributed by atoms with Gasteiger partial charge >= 0.3 is 16.5 Å². The summed E-state index contributed by atoms with van der Waals surface area (Å²) in [6.45, 7) is 0.762. The zero-order chi connectivity index (χ0) is 7.72. The molecule has 0 N–H and O–H groups in total. The lowest BCUT2D eigenvalue weighted by Gasteiger charge is -2.11. The highest BCUT2D eigenvalue weighted by Crippen LogP contribution is 2.07. The summed E-state index contributed by atoms with van der Waals surface area (Å²) < 4.78 is 1.61. The van der Waals surface area contributed by atoms with Gasteiger partial charge in [-0.3, -0.25) is 9.59 Å². The molecule has 4 nitrogen and oxygen atoms in total. The Hall–Kier alpha value is 0.202. The molecule has 1 rings (SSSR count). The molecular weight excluding hydrogens is 262 g/mol. The highest BCUT2D eigenvalue weighted by molar-refractivity contribution is 14.1. The van der Waals surface area contributed by atoms with Crippen LogP contribution in [0.5, 0.6) is 0 Å². The summed E-state index contributed by atoms with van der Waals surface area (Å²) in [5, 5.41) is 0. The Labute approximate surface area is 80.3 Å². The molecule has 0 unspecified atom stereocenters. The van der Waals surface area contributed by atoms with E-state index in [1.165, 1.54) is 4.90 Å². The number of nitrogens with zero attached hydrogens (tertiary/aromatic N) is 2. The van der Waals surface area contributed by atoms with Crippen LogP contribution in [0.15, 0.2) is 0 Å². The highest BCUT2D eigenvalue weighted by atomic mass is 127. The van der Waals surface area contributed by atoms with Crippen LogP contribution in [0, 0.1) is 0 Å². The smallest absolute Gasteiger partial charge is 0.370 e. The van der Waals surface area contributed by atoms with Gasteiger partial charge in [0.1, 0.15) is 0 Å². The van der Waals surface area contributed by atoms with E-state index in [9.17, 15) is 9.59 Å². The van der Waals surface area contributed by atoms with Gasteiger partial charge in [0.2, 0.25) is 5.91 Å². The first-order valence-electron chi connectivity index (χ1n) is 2.79. The Balaban J connectivity index is 2.57. The van der Waals surface area contributed by atoms with Crippen molar-refractivity contribution < 1.29 is 9.59 Å². The van der Waals surface area contributed by atoms with E-state index in [0.717, 1.165) is 0 Å². The van der Waals surface area contributed by atoms with E-state index >= 15 is 0 Å². The largest absolute Gasteiger partial charge is 0.424 e. The van der Waals surface area contributed by atoms with Crippen LogP contribution in [0.2, 0.25) is 0 Å². The van der Waals surface area contributed by atoms with Crippen molar-refractivity contribution in [3.05, 3.63) is 0 Å². The first-order valence-corrected chi connectivity index (χ1v) is 4.77. The summed E-state index contributed by atoms with van der Waals surface area (Å²) in [5.74, 6) is 0.0664. The van der Waals surface area contributed by atoms with Gasteiger partial charge in [-0.25, -0.2) is 0 Å². The highest BCUT2D eigenvalue weighted by Gasteiger charge is 2.25. The van der Waals surface area contributed by atoms with Gasteiger partial charge in [-0.2, -0.15) is 0 Å². The van der Waals surface area contributed by atoms with E-state index in [0.29, 0.717) is 23.2 Å². The maximum Gasteiger partial charge on any atom is 0.370 e. The molecule has 0 spiro atoms. The fraction of sp³-hybridized carbons (Fsp3) is 0.500. The second-order valence-electron chi connectivity index (χ2n) is 2.18. The number of rotatable bonds is 0. The quantitative estimate of drug-likeness (QED) is 0.249. The number of amides is 2. The SMILES string of the molecule is O=C1CN(C(=O)I)C[N]1[AlH2]. The summed E-state index contributed by atoms with van der Waals surface area (Å²) in [5.41, 5.74) is 0. The van der Waals surface area contributed by atoms with Gasteiger partial charge in [-0.1, -0.05) is 0 Å². The van der Waals surface area contributed by atoms with Crippen molar-refractivity contribution in [3.8, 4) is 0 Å². The molecule has 1 saturated heterocycles. The maximum atomic E-state index is 10.9. The van der Waals surface area contributed by atoms with Gasteiger partial charge in [-0.15, -0.1) is 0 Å². The van der Waals surface area contributed by atoms with Gasteiger partial charge < -0.3 is 8.78 Å². The van der Waals surface area contributed by atoms with E-state index in [1.54, 1.807) is 26.5 Å². The minimum atomic E-state index is -0.0516. The van der Waals surface area contributed by atoms with Crippen molar-refractivity contribution in [1.82, 2.24) is 8.78 Å². The standard InChI is InChI=1S/C4H5IN2O2.Al.2H/c5-4(9)7-1-3(8)6-2-7;;;/h1-2H2,(H,6,8);;;/q;+1;;/p-1. The van der Waals surface area contributed by atoms with Gasteiger partial charge in [-0.05, 0) is 0 Å². The molecule has 0 radical (unpaired) electrons. The van der Waals surface area contributed by atoms with Crippen LogP contribution in [0.4, 0.5) is 4.79 Å². The van der Waals surface area contributed by atoms with E-state index in [2.05, 4.69) is 0 Å². The van der Waals surface area contributed by atoms with Crippen molar-refractivity contribution in [2.75, 3.05) is 13.2 Å². The maximum absolute atomic E-state index is 10.9. The number of carbonyl (C=O) groups excluding carboxylic acids is 2. The van der Waals surface area contributed by atoms with Crippen molar-refractivity contribution in [3.63, 3.8) is 0 Å². The average molecular weight is 268 g/mol. The average Bonchev–Trinajstić information content (AvgIpc) is 2.13. The van der Waals surface area contributed by atoms with Crippen LogP contribution < -0.4 is 0 Å². The lowest BCUT2D eigenvalue weighted by Crippen LogP contribution is -2.25. The van der Waals surface area contributed by atoms with Crippen LogP contribution in [-0.4, -0.2) is 48.3 Å². The van der Waals surface area contributed by atoms with Crippen LogP contribution in [0.3, 0.4) is 0 Å². The van der Waals surface area contributed by atoms with Gasteiger partial charge in [0.15, 0.2) is 0 Å². The minimum absolute atomic E-state index is 0.0516. The lowest BCUT2D eigenvalue weighted by atomic mass is 10.6. The molecule has 0 aromatic heterocycles. The van der Waals surface area contributed by atoms with Crippen molar-refractivity contribution in [2.24, 2.45) is 0 Å². The number of hydrogen-bond acceptors (Lipinski definition) is 2. The first-order chi connectivity index (χ1) is 4.61. The first kappa shape index (κ1) is 8.30. The van der Waals surface area contributed by atoms with Crippen LogP contribution in [-0.2, 0) is 4.79 Å². The summed E-state index contributed by atoms with van der Waals surface area (Å²) in [7, 11) is 0. The number of hydrogen-bond donors (Lipinski definition) is 0. The van der Waals surface area contributed by atoms with Crippen molar-refractivity contribution >= 4 is 48.9 Å². The Morgan fingerprint density at radius 3 is 2.50 bits per heavy atom. The lowest BCUT2D eigenvalue weighted by molar-refractivity contribution is -0.122. The molecule has 1 heterocycles. The second kappa shape index (κ2) is 3.07. The fourth-order valence-corrected chi connectivity index (χ4v) is 1.59. The monoisotopic (exact) mass is 268 g/mol. The molecule has 2 amide bonds. The molecule has 0 bridgehead atoms. The third kappa shape index (κ3) is 1.62. The zero-order valence-electron chi connectivity index (χ0n) is 5.50. The third-order valence-corrected chi connectivity index (χ3v) is 2.85. The summed E-state index contributed by atoms with van der Waals surface area (Å²) in [6, 6.07) is 0. The van der Waals surface area contributed by atoms with Crippen molar-refractivity contribution in [1.29, 1.82) is 0 Å². The summed E-state index contributed by atoms with van der Waals surface area (Å²) >= 11 is 2.40. The molecular formula is C4H6AlIN2O2. The predicted molar refractivity (Wildman–Crippen MR) is 46.4 cm³/mol. The van der Waals surface area contributed by atoms with Gasteiger partial charge in [0.05, 0.1) is 13.2 Å². The Morgan fingerprint density at radius 1 is 1.70 bits per heavy atom. The normalized spacial score (nSPS) is 18.3. The molecule has 1 aliphatic heterocycles. The molecule has 10 heavy (non-hydrogen) atoms. The van der Waals surface area contributed by atoms with E-state index in [4.69, 9.17) is 0 Å². The van der Waals surface area contributed by atoms with Crippen LogP contribution in [0.1, 0.15) is 0 Å². The molecule has 0 atom stereocenters. The van der Waals surface area contributed by atoms with Crippen LogP contribution in [0.25, 0.3) is 0 Å². The molecule has 54 valence electrons. The summed E-state index contributed by atoms with van der Waals surface area (Å²) in [6.07, 6.45) is 0. The van der Waals surface area contributed by atoms with Gasteiger partial charge in [0, 0.05) is 22.6 Å². The molecule has 0 aromatic rings. The molecule has 6 heteroatoms. The predicted octanol–water partition coefficient (Wildman–Crippen LogP) is -0.809. The Kier molecular flexibility index (Phi) is 2.55. The number of carbonyl (C=O) groups is 2. The summed E-state index contributed by atoms with van der Waals surface area (Å²) in [4.78, 5) is 23.1. The van der Waals surface area contributed by atoms with E-state index in [1.807, 2.05) is 0 Å². The third-order valence-electron chi connectivity index (χ3n) is 1.38. The van der Waals surface area contributed by atoms with Crippen molar-refractivity contribution in [2.45, 2.75) is 0 Å².